The SMILES string of the molecule is C#CCN1C=CC(=O)[C@@H](OC(=O)Nc2ccc(OC)cc2)[C@H]1c1ccccc1Br. The van der Waals surface area contributed by atoms with Gasteiger partial charge < -0.3 is 14.4 Å². The average Bonchev–Trinajstić information content (AvgIpc) is 2.72. The highest BCUT2D eigenvalue weighted by molar-refractivity contribution is 9.10. The highest BCUT2D eigenvalue weighted by atomic mass is 79.9. The Balaban J connectivity index is 1.84. The zero-order chi connectivity index (χ0) is 20.8. The Morgan fingerprint density at radius 2 is 1.97 bits per heavy atom. The number of rotatable bonds is 5. The van der Waals surface area contributed by atoms with E-state index < -0.39 is 18.2 Å². The number of hydrogen-bond donors (Lipinski definition) is 1. The second kappa shape index (κ2) is 9.30. The number of nitrogens with one attached hydrogen (secondary N) is 1. The Labute approximate surface area is 177 Å². The smallest absolute Gasteiger partial charge is 0.412 e. The maximum absolute atomic E-state index is 12.6. The molecule has 2 aromatic carbocycles. The van der Waals surface area contributed by atoms with Gasteiger partial charge >= 0.3 is 6.09 Å². The van der Waals surface area contributed by atoms with E-state index >= 15 is 0 Å². The van der Waals surface area contributed by atoms with Gasteiger partial charge in [-0.1, -0.05) is 40.0 Å². The molecule has 3 rings (SSSR count). The summed E-state index contributed by atoms with van der Waals surface area (Å²) < 4.78 is 11.4. The lowest BCUT2D eigenvalue weighted by Gasteiger charge is -2.37. The average molecular weight is 455 g/mol. The number of terminal acetylenes is 1. The molecule has 1 aliphatic rings. The summed E-state index contributed by atoms with van der Waals surface area (Å²) in [5.74, 6) is 2.92. The molecule has 0 aromatic heterocycles. The summed E-state index contributed by atoms with van der Waals surface area (Å²) in [5, 5.41) is 2.63. The fraction of sp³-hybridized carbons (Fsp3) is 0.182. The van der Waals surface area contributed by atoms with Crippen molar-refractivity contribution in [2.75, 3.05) is 19.0 Å². The molecule has 0 spiro atoms. The van der Waals surface area contributed by atoms with Crippen molar-refractivity contribution >= 4 is 33.5 Å². The molecule has 6 nitrogen and oxygen atoms in total. The maximum atomic E-state index is 12.6. The van der Waals surface area contributed by atoms with Crippen molar-refractivity contribution in [1.29, 1.82) is 0 Å². The van der Waals surface area contributed by atoms with Gasteiger partial charge in [-0.15, -0.1) is 6.42 Å². The highest BCUT2D eigenvalue weighted by Crippen LogP contribution is 2.35. The predicted octanol–water partition coefficient (Wildman–Crippen LogP) is 4.15. The number of carbonyl (C=O) groups excluding carboxylic acids is 2. The van der Waals surface area contributed by atoms with Crippen LogP contribution in [0.15, 0.2) is 65.3 Å². The number of amides is 1. The molecule has 2 aromatic rings. The number of ketones is 1. The molecule has 0 saturated heterocycles. The summed E-state index contributed by atoms with van der Waals surface area (Å²) in [6.07, 6.45) is 6.71. The number of anilines is 1. The van der Waals surface area contributed by atoms with Gasteiger partial charge in [-0.3, -0.25) is 10.1 Å². The normalized spacial score (nSPS) is 18.1. The van der Waals surface area contributed by atoms with Crippen molar-refractivity contribution in [2.24, 2.45) is 0 Å². The van der Waals surface area contributed by atoms with Gasteiger partial charge in [0.15, 0.2) is 11.9 Å². The number of nitrogens with zero attached hydrogens (tertiary/aromatic N) is 1. The second-order valence-electron chi connectivity index (χ2n) is 6.24. The number of hydrogen-bond acceptors (Lipinski definition) is 5. The van der Waals surface area contributed by atoms with Crippen LogP contribution in [0.3, 0.4) is 0 Å². The molecule has 29 heavy (non-hydrogen) atoms. The van der Waals surface area contributed by atoms with Gasteiger partial charge in [0.2, 0.25) is 0 Å². The molecule has 1 amide bonds. The molecule has 1 aliphatic heterocycles. The molecule has 7 heteroatoms. The maximum Gasteiger partial charge on any atom is 0.412 e. The minimum atomic E-state index is -1.05. The second-order valence-corrected chi connectivity index (χ2v) is 7.09. The fourth-order valence-electron chi connectivity index (χ4n) is 3.06. The molecule has 1 N–H and O–H groups in total. The van der Waals surface area contributed by atoms with E-state index in [-0.39, 0.29) is 12.3 Å². The van der Waals surface area contributed by atoms with Crippen molar-refractivity contribution in [3.63, 3.8) is 0 Å². The van der Waals surface area contributed by atoms with Crippen LogP contribution in [-0.4, -0.2) is 36.5 Å². The van der Waals surface area contributed by atoms with E-state index in [0.717, 1.165) is 10.0 Å². The standard InChI is InChI=1S/C22H19BrN2O4/c1-3-13-25-14-12-19(26)21(20(25)17-6-4-5-7-18(17)23)29-22(27)24-15-8-10-16(28-2)11-9-15/h1,4-12,14,20-21H,13H2,2H3,(H,24,27)/t20-,21-/m1/s1. The van der Waals surface area contributed by atoms with Crippen molar-refractivity contribution in [2.45, 2.75) is 12.1 Å². The third kappa shape index (κ3) is 4.79. The van der Waals surface area contributed by atoms with E-state index in [1.807, 2.05) is 24.3 Å². The Kier molecular flexibility index (Phi) is 6.57. The minimum absolute atomic E-state index is 0.260. The number of ether oxygens (including phenoxy) is 2. The molecule has 0 radical (unpaired) electrons. The third-order valence-electron chi connectivity index (χ3n) is 4.42. The van der Waals surface area contributed by atoms with Crippen LogP contribution < -0.4 is 10.1 Å². The summed E-state index contributed by atoms with van der Waals surface area (Å²) in [6.45, 7) is 0.260. The predicted molar refractivity (Wildman–Crippen MR) is 113 cm³/mol. The van der Waals surface area contributed by atoms with Crippen LogP contribution in [-0.2, 0) is 9.53 Å². The number of benzene rings is 2. The Hall–Kier alpha value is -3.24. The molecule has 1 heterocycles. The molecule has 0 unspecified atom stereocenters. The van der Waals surface area contributed by atoms with Crippen LogP contribution in [0, 0.1) is 12.3 Å². The van der Waals surface area contributed by atoms with Crippen molar-refractivity contribution in [3.05, 3.63) is 70.8 Å². The van der Waals surface area contributed by atoms with Gasteiger partial charge in [-0.05, 0) is 35.9 Å². The molecule has 0 fully saturated rings. The molecule has 148 valence electrons. The van der Waals surface area contributed by atoms with Crippen LogP contribution >= 0.6 is 15.9 Å². The van der Waals surface area contributed by atoms with Gasteiger partial charge in [0.25, 0.3) is 0 Å². The van der Waals surface area contributed by atoms with Crippen LogP contribution in [0.4, 0.5) is 10.5 Å². The third-order valence-corrected chi connectivity index (χ3v) is 5.15. The van der Waals surface area contributed by atoms with Crippen molar-refractivity contribution in [1.82, 2.24) is 4.90 Å². The quantitative estimate of drug-likeness (QED) is 0.687. The first-order chi connectivity index (χ1) is 14.0. The first-order valence-electron chi connectivity index (χ1n) is 8.81. The van der Waals surface area contributed by atoms with Gasteiger partial charge in [0.05, 0.1) is 13.7 Å². The first kappa shape index (κ1) is 20.5. The van der Waals surface area contributed by atoms with E-state index in [1.165, 1.54) is 6.08 Å². The lowest BCUT2D eigenvalue weighted by atomic mass is 9.94. The Morgan fingerprint density at radius 1 is 1.24 bits per heavy atom. The number of halogens is 1. The van der Waals surface area contributed by atoms with Gasteiger partial charge in [-0.2, -0.15) is 0 Å². The Bertz CT molecular complexity index is 966. The molecule has 0 aliphatic carbocycles. The van der Waals surface area contributed by atoms with Gasteiger partial charge in [0.1, 0.15) is 11.8 Å². The van der Waals surface area contributed by atoms with Crippen molar-refractivity contribution in [3.8, 4) is 18.1 Å². The van der Waals surface area contributed by atoms with Crippen LogP contribution in [0.5, 0.6) is 5.75 Å². The van der Waals surface area contributed by atoms with Crippen LogP contribution in [0.1, 0.15) is 11.6 Å². The summed E-state index contributed by atoms with van der Waals surface area (Å²) in [7, 11) is 1.56. The number of carbonyl (C=O) groups is 2. The van der Waals surface area contributed by atoms with E-state index in [2.05, 4.69) is 27.2 Å². The zero-order valence-corrected chi connectivity index (χ0v) is 17.3. The summed E-state index contributed by atoms with van der Waals surface area (Å²) >= 11 is 3.51. The summed E-state index contributed by atoms with van der Waals surface area (Å²) in [5.41, 5.74) is 1.32. The topological polar surface area (TPSA) is 67.9 Å². The van der Waals surface area contributed by atoms with E-state index in [0.29, 0.717) is 11.4 Å². The lowest BCUT2D eigenvalue weighted by molar-refractivity contribution is -0.126. The molecular weight excluding hydrogens is 436 g/mol. The van der Waals surface area contributed by atoms with E-state index in [4.69, 9.17) is 15.9 Å². The Morgan fingerprint density at radius 3 is 2.62 bits per heavy atom. The monoisotopic (exact) mass is 454 g/mol. The molecule has 2 atom stereocenters. The van der Waals surface area contributed by atoms with Crippen LogP contribution in [0.25, 0.3) is 0 Å². The zero-order valence-electron chi connectivity index (χ0n) is 15.7. The summed E-state index contributed by atoms with van der Waals surface area (Å²) in [4.78, 5) is 26.9. The molecular formula is C22H19BrN2O4. The van der Waals surface area contributed by atoms with Crippen LogP contribution in [0.2, 0.25) is 0 Å². The first-order valence-corrected chi connectivity index (χ1v) is 9.60. The fourth-order valence-corrected chi connectivity index (χ4v) is 3.58. The highest BCUT2D eigenvalue weighted by Gasteiger charge is 2.38. The molecule has 0 bridgehead atoms. The lowest BCUT2D eigenvalue weighted by Crippen LogP contribution is -2.44. The number of methoxy groups -OCH3 is 1. The van der Waals surface area contributed by atoms with Crippen molar-refractivity contribution < 1.29 is 19.1 Å². The largest absolute Gasteiger partial charge is 0.497 e. The van der Waals surface area contributed by atoms with Gasteiger partial charge in [0, 0.05) is 22.4 Å². The minimum Gasteiger partial charge on any atom is -0.497 e. The molecule has 0 saturated carbocycles. The van der Waals surface area contributed by atoms with Gasteiger partial charge in [-0.25, -0.2) is 4.79 Å². The summed E-state index contributed by atoms with van der Waals surface area (Å²) in [6, 6.07) is 13.7. The van der Waals surface area contributed by atoms with E-state index in [1.54, 1.807) is 42.5 Å². The van der Waals surface area contributed by atoms with E-state index in [9.17, 15) is 9.59 Å².